The average molecular weight is 272 g/mol. The highest BCUT2D eigenvalue weighted by atomic mass is 19.1. The van der Waals surface area contributed by atoms with Gasteiger partial charge in [0, 0.05) is 18.9 Å². The van der Waals surface area contributed by atoms with E-state index in [0.29, 0.717) is 23.2 Å². The van der Waals surface area contributed by atoms with Crippen LogP contribution < -0.4 is 11.3 Å². The molecular formula is C14H13FN4O. The van der Waals surface area contributed by atoms with Crippen LogP contribution in [0.15, 0.2) is 47.7 Å². The van der Waals surface area contributed by atoms with Gasteiger partial charge in [0.05, 0.1) is 12.7 Å². The Hall–Kier alpha value is -2.47. The Morgan fingerprint density at radius 1 is 1.20 bits per heavy atom. The molecule has 0 aliphatic rings. The highest BCUT2D eigenvalue weighted by Gasteiger charge is 2.05. The van der Waals surface area contributed by atoms with Gasteiger partial charge in [-0.1, -0.05) is 6.07 Å². The Morgan fingerprint density at radius 2 is 2.00 bits per heavy atom. The summed E-state index contributed by atoms with van der Waals surface area (Å²) >= 11 is 0. The summed E-state index contributed by atoms with van der Waals surface area (Å²) in [5, 5.41) is 4.00. The van der Waals surface area contributed by atoms with Crippen LogP contribution in [0.1, 0.15) is 11.1 Å². The normalized spacial score (nSPS) is 11.1. The molecule has 0 amide bonds. The van der Waals surface area contributed by atoms with Gasteiger partial charge in [-0.25, -0.2) is 8.91 Å². The average Bonchev–Trinajstić information content (AvgIpc) is 2.90. The lowest BCUT2D eigenvalue weighted by Gasteiger charge is -2.08. The first-order valence-corrected chi connectivity index (χ1v) is 6.18. The highest BCUT2D eigenvalue weighted by molar-refractivity contribution is 5.42. The Kier molecular flexibility index (Phi) is 3.08. The lowest BCUT2D eigenvalue weighted by Crippen LogP contribution is -2.22. The van der Waals surface area contributed by atoms with Gasteiger partial charge in [-0.3, -0.25) is 4.79 Å². The molecule has 102 valence electrons. The maximum absolute atomic E-state index is 13.5. The Bertz CT molecular complexity index is 821. The zero-order valence-electron chi connectivity index (χ0n) is 10.7. The molecule has 2 heterocycles. The van der Waals surface area contributed by atoms with E-state index in [1.54, 1.807) is 30.7 Å². The Balaban J connectivity index is 2.02. The molecule has 0 saturated carbocycles. The molecule has 0 fully saturated rings. The summed E-state index contributed by atoms with van der Waals surface area (Å²) in [5.41, 5.74) is 7.26. The van der Waals surface area contributed by atoms with Crippen LogP contribution >= 0.6 is 0 Å². The van der Waals surface area contributed by atoms with Crippen molar-refractivity contribution in [3.8, 4) is 0 Å². The predicted octanol–water partition coefficient (Wildman–Crippen LogP) is 1.14. The number of nitrogens with zero attached hydrogens (tertiary/aromatic N) is 3. The largest absolute Gasteiger partial charge is 0.326 e. The van der Waals surface area contributed by atoms with Gasteiger partial charge in [0.2, 0.25) is 0 Å². The highest BCUT2D eigenvalue weighted by Crippen LogP contribution is 2.10. The maximum atomic E-state index is 13.5. The zero-order valence-corrected chi connectivity index (χ0v) is 10.7. The monoisotopic (exact) mass is 272 g/mol. The predicted molar refractivity (Wildman–Crippen MR) is 72.8 cm³/mol. The number of rotatable bonds is 3. The lowest BCUT2D eigenvalue weighted by molar-refractivity contribution is 0.620. The molecule has 2 N–H and O–H groups in total. The summed E-state index contributed by atoms with van der Waals surface area (Å²) in [5.74, 6) is -0.346. The van der Waals surface area contributed by atoms with Crippen molar-refractivity contribution >= 4 is 5.52 Å². The van der Waals surface area contributed by atoms with E-state index in [1.807, 2.05) is 0 Å². The van der Waals surface area contributed by atoms with Crippen molar-refractivity contribution < 1.29 is 4.39 Å². The fourth-order valence-electron chi connectivity index (χ4n) is 2.21. The van der Waals surface area contributed by atoms with Gasteiger partial charge in [0.15, 0.2) is 0 Å². The molecule has 1 aromatic carbocycles. The summed E-state index contributed by atoms with van der Waals surface area (Å²) in [7, 11) is 0. The minimum Gasteiger partial charge on any atom is -0.326 e. The summed E-state index contributed by atoms with van der Waals surface area (Å²) in [4.78, 5) is 12.2. The van der Waals surface area contributed by atoms with Crippen LogP contribution in [0.3, 0.4) is 0 Å². The molecule has 0 radical (unpaired) electrons. The fourth-order valence-corrected chi connectivity index (χ4v) is 2.21. The molecule has 0 aliphatic heterocycles. The summed E-state index contributed by atoms with van der Waals surface area (Å²) in [6, 6.07) is 6.25. The number of aromatic nitrogens is 3. The molecule has 0 unspecified atom stereocenters. The lowest BCUT2D eigenvalue weighted by atomic mass is 10.1. The Morgan fingerprint density at radius 3 is 2.80 bits per heavy atom. The van der Waals surface area contributed by atoms with Gasteiger partial charge in [-0.2, -0.15) is 5.10 Å². The molecule has 3 aromatic rings. The zero-order chi connectivity index (χ0) is 14.1. The van der Waals surface area contributed by atoms with Crippen LogP contribution in [-0.4, -0.2) is 14.2 Å². The van der Waals surface area contributed by atoms with Crippen LogP contribution in [0, 0.1) is 5.82 Å². The van der Waals surface area contributed by atoms with Crippen LogP contribution in [-0.2, 0) is 13.1 Å². The topological polar surface area (TPSA) is 65.3 Å². The molecule has 5 nitrogen and oxygen atoms in total. The maximum Gasteiger partial charge on any atom is 0.276 e. The van der Waals surface area contributed by atoms with Crippen molar-refractivity contribution in [3.05, 3.63) is 70.2 Å². The Labute approximate surface area is 114 Å². The van der Waals surface area contributed by atoms with E-state index in [-0.39, 0.29) is 17.9 Å². The van der Waals surface area contributed by atoms with Gasteiger partial charge < -0.3 is 10.3 Å². The quantitative estimate of drug-likeness (QED) is 0.777. The third kappa shape index (κ3) is 2.21. The number of benzene rings is 1. The number of halogens is 1. The van der Waals surface area contributed by atoms with Crippen LogP contribution in [0.5, 0.6) is 0 Å². The van der Waals surface area contributed by atoms with E-state index in [4.69, 9.17) is 5.73 Å². The van der Waals surface area contributed by atoms with Gasteiger partial charge in [0.25, 0.3) is 5.56 Å². The van der Waals surface area contributed by atoms with E-state index in [1.165, 1.54) is 21.2 Å². The molecular weight excluding hydrogens is 259 g/mol. The summed E-state index contributed by atoms with van der Waals surface area (Å²) < 4.78 is 16.5. The molecule has 0 bridgehead atoms. The van der Waals surface area contributed by atoms with Crippen molar-refractivity contribution in [1.29, 1.82) is 0 Å². The smallest absolute Gasteiger partial charge is 0.276 e. The second kappa shape index (κ2) is 4.90. The third-order valence-corrected chi connectivity index (χ3v) is 3.14. The van der Waals surface area contributed by atoms with Gasteiger partial charge >= 0.3 is 0 Å². The van der Waals surface area contributed by atoms with Crippen molar-refractivity contribution in [3.63, 3.8) is 0 Å². The molecule has 20 heavy (non-hydrogen) atoms. The molecule has 0 spiro atoms. The number of hydrogen-bond acceptors (Lipinski definition) is 3. The standard InChI is InChI=1S/C14H13FN4O/c15-12-6-10(8-16)5-11(7-12)9-18-3-4-19-13(14(18)20)1-2-17-19/h1-7H,8-9,16H2. The first-order chi connectivity index (χ1) is 9.67. The molecule has 0 atom stereocenters. The number of nitrogens with two attached hydrogens (primary N) is 1. The molecule has 6 heteroatoms. The van der Waals surface area contributed by atoms with E-state index in [0.717, 1.165) is 0 Å². The van der Waals surface area contributed by atoms with E-state index >= 15 is 0 Å². The molecule has 0 aliphatic carbocycles. The van der Waals surface area contributed by atoms with Gasteiger partial charge in [-0.05, 0) is 29.3 Å². The molecule has 0 saturated heterocycles. The van der Waals surface area contributed by atoms with Gasteiger partial charge in [-0.15, -0.1) is 0 Å². The minimum absolute atomic E-state index is 0.163. The van der Waals surface area contributed by atoms with Crippen molar-refractivity contribution in [2.24, 2.45) is 5.73 Å². The minimum atomic E-state index is -0.346. The molecule has 2 aromatic heterocycles. The number of hydrogen-bond donors (Lipinski definition) is 1. The van der Waals surface area contributed by atoms with E-state index < -0.39 is 0 Å². The van der Waals surface area contributed by atoms with Crippen molar-refractivity contribution in [2.45, 2.75) is 13.1 Å². The SMILES string of the molecule is NCc1cc(F)cc(Cn2ccn3nccc3c2=O)c1. The van der Waals surface area contributed by atoms with Crippen molar-refractivity contribution in [1.82, 2.24) is 14.2 Å². The van der Waals surface area contributed by atoms with Crippen LogP contribution in [0.4, 0.5) is 4.39 Å². The van der Waals surface area contributed by atoms with Crippen LogP contribution in [0.25, 0.3) is 5.52 Å². The summed E-state index contributed by atoms with van der Waals surface area (Å²) in [6.07, 6.45) is 4.89. The van der Waals surface area contributed by atoms with E-state index in [2.05, 4.69) is 5.10 Å². The number of fused-ring (bicyclic) bond motifs is 1. The van der Waals surface area contributed by atoms with Crippen molar-refractivity contribution in [2.75, 3.05) is 0 Å². The van der Waals surface area contributed by atoms with Gasteiger partial charge in [0.1, 0.15) is 11.3 Å². The second-order valence-corrected chi connectivity index (χ2v) is 4.56. The third-order valence-electron chi connectivity index (χ3n) is 3.14. The first kappa shape index (κ1) is 12.6. The second-order valence-electron chi connectivity index (χ2n) is 4.56. The fraction of sp³-hybridized carbons (Fsp3) is 0.143. The van der Waals surface area contributed by atoms with Crippen LogP contribution in [0.2, 0.25) is 0 Å². The summed E-state index contributed by atoms with van der Waals surface area (Å²) in [6.45, 7) is 0.562. The first-order valence-electron chi connectivity index (χ1n) is 6.18. The van der Waals surface area contributed by atoms with E-state index in [9.17, 15) is 9.18 Å². The molecule has 3 rings (SSSR count).